The monoisotopic (exact) mass is 348 g/mol. The van der Waals surface area contributed by atoms with Crippen molar-refractivity contribution in [2.45, 2.75) is 19.5 Å². The Balaban J connectivity index is 1.28. The number of rotatable bonds is 6. The molecule has 5 nitrogen and oxygen atoms in total. The van der Waals surface area contributed by atoms with Crippen LogP contribution >= 0.6 is 0 Å². The van der Waals surface area contributed by atoms with Crippen molar-refractivity contribution < 1.29 is 13.9 Å². The summed E-state index contributed by atoms with van der Waals surface area (Å²) < 4.78 is 10.6. The SMILES string of the molecule is O=C(Nc1ccc(CNCc2ccc3c(c2)CCO3)cc1)c1ccco1. The maximum absolute atomic E-state index is 11.9. The zero-order valence-corrected chi connectivity index (χ0v) is 14.3. The van der Waals surface area contributed by atoms with E-state index in [1.807, 2.05) is 24.3 Å². The smallest absolute Gasteiger partial charge is 0.291 e. The molecule has 1 aliphatic rings. The molecule has 1 aliphatic heterocycles. The summed E-state index contributed by atoms with van der Waals surface area (Å²) in [4.78, 5) is 11.9. The molecule has 0 unspecified atom stereocenters. The summed E-state index contributed by atoms with van der Waals surface area (Å²) in [5, 5.41) is 6.26. The quantitative estimate of drug-likeness (QED) is 0.712. The third-order valence-electron chi connectivity index (χ3n) is 4.37. The zero-order chi connectivity index (χ0) is 17.8. The van der Waals surface area contributed by atoms with E-state index in [1.165, 1.54) is 17.4 Å². The van der Waals surface area contributed by atoms with Crippen molar-refractivity contribution in [1.82, 2.24) is 5.32 Å². The van der Waals surface area contributed by atoms with Gasteiger partial charge in [0.25, 0.3) is 5.91 Å². The molecule has 0 bridgehead atoms. The highest BCUT2D eigenvalue weighted by molar-refractivity contribution is 6.02. The van der Waals surface area contributed by atoms with E-state index in [-0.39, 0.29) is 5.91 Å². The largest absolute Gasteiger partial charge is 0.493 e. The molecular formula is C21H20N2O3. The molecule has 3 aromatic rings. The Bertz CT molecular complexity index is 886. The van der Waals surface area contributed by atoms with E-state index in [2.05, 4.69) is 28.8 Å². The van der Waals surface area contributed by atoms with Crippen LogP contribution in [0.2, 0.25) is 0 Å². The predicted octanol–water partition coefficient (Wildman–Crippen LogP) is 3.76. The van der Waals surface area contributed by atoms with Crippen molar-refractivity contribution in [3.05, 3.63) is 83.3 Å². The molecule has 26 heavy (non-hydrogen) atoms. The predicted molar refractivity (Wildman–Crippen MR) is 99.3 cm³/mol. The van der Waals surface area contributed by atoms with Crippen LogP contribution in [0.25, 0.3) is 0 Å². The van der Waals surface area contributed by atoms with E-state index >= 15 is 0 Å². The first-order chi connectivity index (χ1) is 12.8. The van der Waals surface area contributed by atoms with E-state index in [4.69, 9.17) is 9.15 Å². The molecule has 2 aromatic carbocycles. The summed E-state index contributed by atoms with van der Waals surface area (Å²) in [6, 6.07) is 17.5. The molecule has 0 aliphatic carbocycles. The Morgan fingerprint density at radius 1 is 1.00 bits per heavy atom. The fourth-order valence-corrected chi connectivity index (χ4v) is 3.01. The van der Waals surface area contributed by atoms with Gasteiger partial charge in [0, 0.05) is 25.2 Å². The lowest BCUT2D eigenvalue weighted by atomic mass is 10.1. The molecule has 2 heterocycles. The van der Waals surface area contributed by atoms with Gasteiger partial charge in [-0.25, -0.2) is 0 Å². The van der Waals surface area contributed by atoms with Gasteiger partial charge in [0.1, 0.15) is 5.75 Å². The Morgan fingerprint density at radius 2 is 1.81 bits per heavy atom. The van der Waals surface area contributed by atoms with E-state index in [9.17, 15) is 4.79 Å². The van der Waals surface area contributed by atoms with Gasteiger partial charge in [-0.1, -0.05) is 24.3 Å². The fraction of sp³-hybridized carbons (Fsp3) is 0.190. The van der Waals surface area contributed by atoms with Gasteiger partial charge in [-0.05, 0) is 47.0 Å². The van der Waals surface area contributed by atoms with E-state index in [0.29, 0.717) is 5.76 Å². The number of carbonyl (C=O) groups is 1. The van der Waals surface area contributed by atoms with Crippen molar-refractivity contribution in [3.63, 3.8) is 0 Å². The molecule has 4 rings (SSSR count). The average molecular weight is 348 g/mol. The van der Waals surface area contributed by atoms with Gasteiger partial charge >= 0.3 is 0 Å². The van der Waals surface area contributed by atoms with Gasteiger partial charge in [0.05, 0.1) is 12.9 Å². The van der Waals surface area contributed by atoms with Crippen LogP contribution in [0, 0.1) is 0 Å². The second-order valence-electron chi connectivity index (χ2n) is 6.27. The Hall–Kier alpha value is -3.05. The Morgan fingerprint density at radius 3 is 2.62 bits per heavy atom. The summed E-state index contributed by atoms with van der Waals surface area (Å²) in [6.45, 7) is 2.36. The minimum Gasteiger partial charge on any atom is -0.493 e. The lowest BCUT2D eigenvalue weighted by Crippen LogP contribution is -2.13. The first-order valence-corrected chi connectivity index (χ1v) is 8.67. The number of hydrogen-bond donors (Lipinski definition) is 2. The lowest BCUT2D eigenvalue weighted by molar-refractivity contribution is 0.0996. The topological polar surface area (TPSA) is 63.5 Å². The van der Waals surface area contributed by atoms with Crippen LogP contribution < -0.4 is 15.4 Å². The van der Waals surface area contributed by atoms with Crippen LogP contribution in [0.3, 0.4) is 0 Å². The number of fused-ring (bicyclic) bond motifs is 1. The van der Waals surface area contributed by atoms with Crippen LogP contribution in [-0.2, 0) is 19.5 Å². The molecule has 1 amide bonds. The zero-order valence-electron chi connectivity index (χ0n) is 14.3. The molecule has 132 valence electrons. The molecule has 5 heteroatoms. The number of ether oxygens (including phenoxy) is 1. The molecule has 0 saturated heterocycles. The highest BCUT2D eigenvalue weighted by atomic mass is 16.5. The number of anilines is 1. The number of amides is 1. The van der Waals surface area contributed by atoms with Gasteiger partial charge in [-0.3, -0.25) is 4.79 Å². The lowest BCUT2D eigenvalue weighted by Gasteiger charge is -2.08. The van der Waals surface area contributed by atoms with Crippen LogP contribution in [0.4, 0.5) is 5.69 Å². The first-order valence-electron chi connectivity index (χ1n) is 8.67. The summed E-state index contributed by atoms with van der Waals surface area (Å²) in [6.07, 6.45) is 2.48. The highest BCUT2D eigenvalue weighted by Gasteiger charge is 2.11. The van der Waals surface area contributed by atoms with Crippen LogP contribution in [0.1, 0.15) is 27.2 Å². The summed E-state index contributed by atoms with van der Waals surface area (Å²) in [7, 11) is 0. The summed E-state index contributed by atoms with van der Waals surface area (Å²) in [5.74, 6) is 1.07. The van der Waals surface area contributed by atoms with Gasteiger partial charge in [-0.15, -0.1) is 0 Å². The van der Waals surface area contributed by atoms with Crippen LogP contribution in [-0.4, -0.2) is 12.5 Å². The van der Waals surface area contributed by atoms with E-state index in [0.717, 1.165) is 43.1 Å². The molecule has 0 radical (unpaired) electrons. The fourth-order valence-electron chi connectivity index (χ4n) is 3.01. The van der Waals surface area contributed by atoms with E-state index < -0.39 is 0 Å². The molecular weight excluding hydrogens is 328 g/mol. The van der Waals surface area contributed by atoms with Crippen molar-refractivity contribution >= 4 is 11.6 Å². The molecule has 0 saturated carbocycles. The average Bonchev–Trinajstić information content (AvgIpc) is 3.34. The minimum absolute atomic E-state index is 0.249. The minimum atomic E-state index is -0.249. The Kier molecular flexibility index (Phi) is 4.71. The second kappa shape index (κ2) is 7.45. The molecule has 1 aromatic heterocycles. The van der Waals surface area contributed by atoms with Crippen molar-refractivity contribution in [2.75, 3.05) is 11.9 Å². The standard InChI is InChI=1S/C21H20N2O3/c24-21(20-2-1-10-25-20)23-18-6-3-15(4-7-18)13-22-14-16-5-8-19-17(12-16)9-11-26-19/h1-8,10,12,22H,9,11,13-14H2,(H,23,24). The summed E-state index contributed by atoms with van der Waals surface area (Å²) in [5.41, 5.74) is 4.46. The summed E-state index contributed by atoms with van der Waals surface area (Å²) >= 11 is 0. The number of nitrogens with one attached hydrogen (secondary N) is 2. The van der Waals surface area contributed by atoms with E-state index in [1.54, 1.807) is 12.1 Å². The highest BCUT2D eigenvalue weighted by Crippen LogP contribution is 2.25. The van der Waals surface area contributed by atoms with Crippen molar-refractivity contribution in [1.29, 1.82) is 0 Å². The first kappa shape index (κ1) is 16.4. The maximum atomic E-state index is 11.9. The van der Waals surface area contributed by atoms with Crippen LogP contribution in [0.5, 0.6) is 5.75 Å². The third kappa shape index (κ3) is 3.78. The van der Waals surface area contributed by atoms with Crippen molar-refractivity contribution in [3.8, 4) is 5.75 Å². The van der Waals surface area contributed by atoms with Gasteiger partial charge in [0.15, 0.2) is 5.76 Å². The van der Waals surface area contributed by atoms with Gasteiger partial charge in [-0.2, -0.15) is 0 Å². The molecule has 0 atom stereocenters. The van der Waals surface area contributed by atoms with Gasteiger partial charge < -0.3 is 19.8 Å². The maximum Gasteiger partial charge on any atom is 0.291 e. The van der Waals surface area contributed by atoms with Gasteiger partial charge in [0.2, 0.25) is 0 Å². The second-order valence-corrected chi connectivity index (χ2v) is 6.27. The normalized spacial score (nSPS) is 12.5. The number of hydrogen-bond acceptors (Lipinski definition) is 4. The van der Waals surface area contributed by atoms with Crippen LogP contribution in [0.15, 0.2) is 65.3 Å². The third-order valence-corrected chi connectivity index (χ3v) is 4.37. The Labute approximate surface area is 152 Å². The number of furan rings is 1. The molecule has 0 spiro atoms. The number of carbonyl (C=O) groups excluding carboxylic acids is 1. The van der Waals surface area contributed by atoms with Crippen molar-refractivity contribution in [2.24, 2.45) is 0 Å². The number of benzene rings is 2. The molecule has 0 fully saturated rings. The molecule has 2 N–H and O–H groups in total.